The molecule has 0 N–H and O–H groups in total. The molecule has 1 amide bonds. The van der Waals surface area contributed by atoms with E-state index in [0.29, 0.717) is 6.54 Å². The largest absolute Gasteiger partial charge is 0.336 e. The van der Waals surface area contributed by atoms with Crippen molar-refractivity contribution in [2.24, 2.45) is 0 Å². The van der Waals surface area contributed by atoms with E-state index in [9.17, 15) is 4.79 Å². The second-order valence-corrected chi connectivity index (χ2v) is 7.77. The number of rotatable bonds is 3. The SMILES string of the molecule is CN(Cc1cccs1)C(=O)c1ccc(C(C)(C)C)s1. The predicted octanol–water partition coefficient (Wildman–Crippen LogP) is 4.38. The van der Waals surface area contributed by atoms with Crippen LogP contribution in [0, 0.1) is 0 Å². The maximum absolute atomic E-state index is 12.4. The molecule has 2 nitrogen and oxygen atoms in total. The normalized spacial score (nSPS) is 11.6. The highest BCUT2D eigenvalue weighted by Crippen LogP contribution is 2.30. The summed E-state index contributed by atoms with van der Waals surface area (Å²) < 4.78 is 0. The van der Waals surface area contributed by atoms with Gasteiger partial charge in [-0.1, -0.05) is 26.8 Å². The van der Waals surface area contributed by atoms with Gasteiger partial charge in [0.2, 0.25) is 0 Å². The number of carbonyl (C=O) groups is 1. The summed E-state index contributed by atoms with van der Waals surface area (Å²) in [5.41, 5.74) is 0.107. The van der Waals surface area contributed by atoms with Gasteiger partial charge in [0.1, 0.15) is 0 Å². The molecule has 2 heterocycles. The van der Waals surface area contributed by atoms with E-state index >= 15 is 0 Å². The van der Waals surface area contributed by atoms with Crippen LogP contribution in [0.15, 0.2) is 29.6 Å². The molecule has 19 heavy (non-hydrogen) atoms. The summed E-state index contributed by atoms with van der Waals surface area (Å²) in [5, 5.41) is 2.04. The number of hydrogen-bond donors (Lipinski definition) is 0. The Morgan fingerprint density at radius 3 is 2.53 bits per heavy atom. The van der Waals surface area contributed by atoms with E-state index in [0.717, 1.165) is 4.88 Å². The van der Waals surface area contributed by atoms with Crippen molar-refractivity contribution in [1.29, 1.82) is 0 Å². The van der Waals surface area contributed by atoms with E-state index in [-0.39, 0.29) is 11.3 Å². The molecule has 0 saturated carbocycles. The zero-order valence-corrected chi connectivity index (χ0v) is 13.4. The van der Waals surface area contributed by atoms with Crippen molar-refractivity contribution in [2.75, 3.05) is 7.05 Å². The number of nitrogens with zero attached hydrogens (tertiary/aromatic N) is 1. The Morgan fingerprint density at radius 1 is 1.26 bits per heavy atom. The molecule has 0 aromatic carbocycles. The van der Waals surface area contributed by atoms with Gasteiger partial charge >= 0.3 is 0 Å². The average Bonchev–Trinajstić information content (AvgIpc) is 2.97. The third kappa shape index (κ3) is 3.45. The molecule has 4 heteroatoms. The fourth-order valence-electron chi connectivity index (χ4n) is 1.75. The lowest BCUT2D eigenvalue weighted by Crippen LogP contribution is -2.24. The van der Waals surface area contributed by atoms with Crippen LogP contribution in [0.5, 0.6) is 0 Å². The second-order valence-electron chi connectivity index (χ2n) is 5.65. The first kappa shape index (κ1) is 14.3. The molecule has 0 unspecified atom stereocenters. The minimum Gasteiger partial charge on any atom is -0.336 e. The molecular weight excluding hydrogens is 274 g/mol. The first-order valence-electron chi connectivity index (χ1n) is 6.26. The van der Waals surface area contributed by atoms with Gasteiger partial charge in [-0.15, -0.1) is 22.7 Å². The summed E-state index contributed by atoms with van der Waals surface area (Å²) in [4.78, 5) is 17.4. The van der Waals surface area contributed by atoms with Crippen molar-refractivity contribution in [3.05, 3.63) is 44.3 Å². The Bertz CT molecular complexity index is 549. The van der Waals surface area contributed by atoms with Gasteiger partial charge in [-0.05, 0) is 29.0 Å². The lowest BCUT2D eigenvalue weighted by atomic mass is 9.95. The minimum absolute atomic E-state index is 0.105. The number of thiophene rings is 2. The summed E-state index contributed by atoms with van der Waals surface area (Å²) in [6.45, 7) is 7.19. The van der Waals surface area contributed by atoms with Crippen molar-refractivity contribution >= 4 is 28.6 Å². The summed E-state index contributed by atoms with van der Waals surface area (Å²) in [7, 11) is 1.86. The molecule has 0 atom stereocenters. The van der Waals surface area contributed by atoms with Gasteiger partial charge in [0.25, 0.3) is 5.91 Å². The Balaban J connectivity index is 2.09. The molecule has 0 aliphatic carbocycles. The first-order valence-corrected chi connectivity index (χ1v) is 7.95. The molecule has 2 aromatic rings. The maximum atomic E-state index is 12.4. The summed E-state index contributed by atoms with van der Waals surface area (Å²) >= 11 is 3.28. The number of amides is 1. The van der Waals surface area contributed by atoms with E-state index in [1.807, 2.05) is 24.6 Å². The van der Waals surface area contributed by atoms with Crippen molar-refractivity contribution < 1.29 is 4.79 Å². The van der Waals surface area contributed by atoms with Crippen LogP contribution in [0.1, 0.15) is 40.2 Å². The molecule has 0 radical (unpaired) electrons. The van der Waals surface area contributed by atoms with Crippen LogP contribution in [0.25, 0.3) is 0 Å². The van der Waals surface area contributed by atoms with Gasteiger partial charge in [-0.3, -0.25) is 4.79 Å². The standard InChI is InChI=1S/C15H19NOS2/c1-15(2,3)13-8-7-12(19-13)14(17)16(4)10-11-6-5-9-18-11/h5-9H,10H2,1-4H3. The van der Waals surface area contributed by atoms with Crippen LogP contribution in [0.4, 0.5) is 0 Å². The first-order chi connectivity index (χ1) is 8.88. The lowest BCUT2D eigenvalue weighted by molar-refractivity contribution is 0.0791. The molecule has 0 bridgehead atoms. The van der Waals surface area contributed by atoms with Crippen LogP contribution in [-0.2, 0) is 12.0 Å². The van der Waals surface area contributed by atoms with Crippen molar-refractivity contribution in [3.63, 3.8) is 0 Å². The van der Waals surface area contributed by atoms with Crippen molar-refractivity contribution in [3.8, 4) is 0 Å². The molecule has 102 valence electrons. The molecule has 0 saturated heterocycles. The van der Waals surface area contributed by atoms with Crippen LogP contribution in [0.2, 0.25) is 0 Å². The summed E-state index contributed by atoms with van der Waals surface area (Å²) in [6, 6.07) is 8.08. The maximum Gasteiger partial charge on any atom is 0.263 e. The zero-order valence-electron chi connectivity index (χ0n) is 11.8. The Labute approximate surface area is 122 Å². The molecular formula is C15H19NOS2. The van der Waals surface area contributed by atoms with E-state index in [1.165, 1.54) is 9.75 Å². The monoisotopic (exact) mass is 293 g/mol. The van der Waals surface area contributed by atoms with E-state index in [2.05, 4.69) is 32.9 Å². The van der Waals surface area contributed by atoms with Crippen molar-refractivity contribution in [1.82, 2.24) is 4.90 Å². The van der Waals surface area contributed by atoms with Gasteiger partial charge in [-0.2, -0.15) is 0 Å². The quantitative estimate of drug-likeness (QED) is 0.822. The van der Waals surface area contributed by atoms with Crippen LogP contribution in [0.3, 0.4) is 0 Å². The molecule has 0 aliphatic rings. The third-order valence-corrected chi connectivity index (χ3v) is 5.24. The minimum atomic E-state index is 0.105. The van der Waals surface area contributed by atoms with E-state index in [1.54, 1.807) is 27.6 Å². The van der Waals surface area contributed by atoms with Crippen molar-refractivity contribution in [2.45, 2.75) is 32.7 Å². The fourth-order valence-corrected chi connectivity index (χ4v) is 3.57. The Hall–Kier alpha value is -1.13. The number of carbonyl (C=O) groups excluding carboxylic acids is 1. The predicted molar refractivity (Wildman–Crippen MR) is 83.1 cm³/mol. The third-order valence-electron chi connectivity index (χ3n) is 2.88. The highest BCUT2D eigenvalue weighted by atomic mass is 32.1. The van der Waals surface area contributed by atoms with Crippen LogP contribution in [-0.4, -0.2) is 17.9 Å². The van der Waals surface area contributed by atoms with Gasteiger partial charge in [0.05, 0.1) is 11.4 Å². The van der Waals surface area contributed by atoms with Gasteiger partial charge in [0.15, 0.2) is 0 Å². The lowest BCUT2D eigenvalue weighted by Gasteiger charge is -2.16. The highest BCUT2D eigenvalue weighted by Gasteiger charge is 2.20. The topological polar surface area (TPSA) is 20.3 Å². The molecule has 0 spiro atoms. The van der Waals surface area contributed by atoms with E-state index in [4.69, 9.17) is 0 Å². The highest BCUT2D eigenvalue weighted by molar-refractivity contribution is 7.14. The van der Waals surface area contributed by atoms with Gasteiger partial charge in [0, 0.05) is 16.8 Å². The second kappa shape index (κ2) is 5.47. The van der Waals surface area contributed by atoms with E-state index < -0.39 is 0 Å². The fraction of sp³-hybridized carbons (Fsp3) is 0.400. The molecule has 2 rings (SSSR count). The van der Waals surface area contributed by atoms with Gasteiger partial charge in [-0.25, -0.2) is 0 Å². The van der Waals surface area contributed by atoms with Gasteiger partial charge < -0.3 is 4.90 Å². The average molecular weight is 293 g/mol. The Kier molecular flexibility index (Phi) is 4.11. The smallest absolute Gasteiger partial charge is 0.263 e. The molecule has 0 fully saturated rings. The van der Waals surface area contributed by atoms with Crippen LogP contribution >= 0.6 is 22.7 Å². The number of hydrogen-bond acceptors (Lipinski definition) is 3. The Morgan fingerprint density at radius 2 is 2.00 bits per heavy atom. The van der Waals surface area contributed by atoms with Crippen LogP contribution < -0.4 is 0 Å². The molecule has 0 aliphatic heterocycles. The summed E-state index contributed by atoms with van der Waals surface area (Å²) in [6.07, 6.45) is 0. The molecule has 2 aromatic heterocycles. The zero-order chi connectivity index (χ0) is 14.0. The summed E-state index contributed by atoms with van der Waals surface area (Å²) in [5.74, 6) is 0.105.